The van der Waals surface area contributed by atoms with Gasteiger partial charge in [0.2, 0.25) is 0 Å². The molecule has 7 nitrogen and oxygen atoms in total. The number of hydrogen-bond donors (Lipinski definition) is 1. The lowest BCUT2D eigenvalue weighted by atomic mass is 9.71. The summed E-state index contributed by atoms with van der Waals surface area (Å²) in [6.07, 6.45) is 5.09. The predicted molar refractivity (Wildman–Crippen MR) is 120 cm³/mol. The van der Waals surface area contributed by atoms with E-state index in [4.69, 9.17) is 14.3 Å². The number of esters is 2. The second-order valence-electron chi connectivity index (χ2n) is 7.81. The van der Waals surface area contributed by atoms with Crippen LogP contribution in [0.3, 0.4) is 0 Å². The number of para-hydroxylation sites is 1. The average Bonchev–Trinajstić information content (AvgIpc) is 3.25. The van der Waals surface area contributed by atoms with Crippen LogP contribution < -0.4 is 0 Å². The van der Waals surface area contributed by atoms with Crippen molar-refractivity contribution in [2.24, 2.45) is 5.41 Å². The first-order chi connectivity index (χ1) is 15.5. The lowest BCUT2D eigenvalue weighted by Gasteiger charge is -2.46. The van der Waals surface area contributed by atoms with Crippen LogP contribution in [0.25, 0.3) is 17.0 Å². The molecule has 1 aliphatic heterocycles. The maximum atomic E-state index is 13.3. The number of ether oxygens (including phenoxy) is 2. The zero-order valence-corrected chi connectivity index (χ0v) is 18.3. The van der Waals surface area contributed by atoms with Crippen LogP contribution in [0, 0.1) is 5.41 Å². The van der Waals surface area contributed by atoms with Crippen molar-refractivity contribution >= 4 is 28.9 Å². The zero-order chi connectivity index (χ0) is 22.7. The molecule has 0 aliphatic carbocycles. The molecule has 0 radical (unpaired) electrons. The quantitative estimate of drug-likeness (QED) is 0.485. The molecule has 1 fully saturated rings. The summed E-state index contributed by atoms with van der Waals surface area (Å²) in [5.41, 5.74) is 1.02. The van der Waals surface area contributed by atoms with Crippen molar-refractivity contribution in [1.29, 1.82) is 0 Å². The van der Waals surface area contributed by atoms with Crippen LogP contribution in [0.2, 0.25) is 0 Å². The molecule has 1 saturated heterocycles. The van der Waals surface area contributed by atoms with E-state index >= 15 is 0 Å². The van der Waals surface area contributed by atoms with Crippen LogP contribution >= 0.6 is 0 Å². The van der Waals surface area contributed by atoms with Crippen molar-refractivity contribution < 1.29 is 23.9 Å². The minimum Gasteiger partial charge on any atom is -0.468 e. The molecule has 3 aromatic rings. The van der Waals surface area contributed by atoms with E-state index in [1.54, 1.807) is 18.3 Å². The lowest BCUT2D eigenvalue weighted by molar-refractivity contribution is -0.264. The molecular formula is C25H26N2O5. The molecule has 2 heterocycles. The Morgan fingerprint density at radius 1 is 1.06 bits per heavy atom. The van der Waals surface area contributed by atoms with E-state index in [-0.39, 0.29) is 6.42 Å². The number of carbonyl (C=O) groups excluding carboxylic acids is 2. The maximum absolute atomic E-state index is 13.3. The molecule has 0 amide bonds. The third-order valence-corrected chi connectivity index (χ3v) is 5.97. The molecule has 0 spiro atoms. The van der Waals surface area contributed by atoms with E-state index in [0.717, 1.165) is 22.0 Å². The van der Waals surface area contributed by atoms with Gasteiger partial charge in [-0.05, 0) is 17.2 Å². The van der Waals surface area contributed by atoms with Gasteiger partial charge in [0.1, 0.15) is 0 Å². The highest BCUT2D eigenvalue weighted by Gasteiger charge is 2.61. The van der Waals surface area contributed by atoms with Crippen LogP contribution in [0.5, 0.6) is 0 Å². The van der Waals surface area contributed by atoms with Gasteiger partial charge >= 0.3 is 11.9 Å². The van der Waals surface area contributed by atoms with E-state index in [1.807, 2.05) is 66.7 Å². The van der Waals surface area contributed by atoms with Gasteiger partial charge in [-0.3, -0.25) is 14.4 Å². The first kappa shape index (κ1) is 21.8. The van der Waals surface area contributed by atoms with Gasteiger partial charge in [0.05, 0.1) is 26.4 Å². The van der Waals surface area contributed by atoms with Gasteiger partial charge in [0.25, 0.3) is 0 Å². The molecule has 1 N–H and O–H groups in total. The fourth-order valence-corrected chi connectivity index (χ4v) is 4.56. The summed E-state index contributed by atoms with van der Waals surface area (Å²) in [6, 6.07) is 16.7. The number of hydroxylamine groups is 2. The number of aromatic amines is 1. The first-order valence-electron chi connectivity index (χ1n) is 10.4. The van der Waals surface area contributed by atoms with Crippen molar-refractivity contribution in [1.82, 2.24) is 10.0 Å². The molecule has 2 atom stereocenters. The number of methoxy groups -OCH3 is 2. The maximum Gasteiger partial charge on any atom is 0.325 e. The van der Waals surface area contributed by atoms with Gasteiger partial charge in [-0.15, -0.1) is 0 Å². The highest BCUT2D eigenvalue weighted by Crippen LogP contribution is 2.50. The number of nitrogens with zero attached hydrogens (tertiary/aromatic N) is 1. The number of hydrogen-bond acceptors (Lipinski definition) is 6. The molecule has 32 heavy (non-hydrogen) atoms. The number of nitrogens with one attached hydrogen (secondary N) is 1. The molecule has 0 bridgehead atoms. The Balaban J connectivity index is 1.81. The molecule has 1 aromatic heterocycles. The Bertz CT molecular complexity index is 1120. The highest BCUT2D eigenvalue weighted by atomic mass is 16.7. The van der Waals surface area contributed by atoms with Gasteiger partial charge in [-0.25, -0.2) is 0 Å². The van der Waals surface area contributed by atoms with Crippen molar-refractivity contribution in [2.45, 2.75) is 18.6 Å². The molecule has 166 valence electrons. The molecule has 0 saturated carbocycles. The number of aromatic nitrogens is 1. The first-order valence-corrected chi connectivity index (χ1v) is 10.4. The van der Waals surface area contributed by atoms with Crippen molar-refractivity contribution in [3.8, 4) is 0 Å². The van der Waals surface area contributed by atoms with E-state index in [9.17, 15) is 9.59 Å². The topological polar surface area (TPSA) is 80.9 Å². The summed E-state index contributed by atoms with van der Waals surface area (Å²) in [5, 5.41) is 2.45. The van der Waals surface area contributed by atoms with Crippen LogP contribution in [-0.4, -0.2) is 49.4 Å². The largest absolute Gasteiger partial charge is 0.468 e. The lowest BCUT2D eigenvalue weighted by Crippen LogP contribution is -2.57. The summed E-state index contributed by atoms with van der Waals surface area (Å²) < 4.78 is 10.3. The van der Waals surface area contributed by atoms with Crippen molar-refractivity contribution in [3.63, 3.8) is 0 Å². The molecule has 2 aromatic carbocycles. The number of rotatable bonds is 5. The normalized spacial score (nSPS) is 21.0. The minimum absolute atomic E-state index is 0.0736. The second-order valence-corrected chi connectivity index (χ2v) is 7.81. The van der Waals surface area contributed by atoms with Crippen LogP contribution in [0.15, 0.2) is 66.9 Å². The van der Waals surface area contributed by atoms with E-state index in [2.05, 4.69) is 4.98 Å². The number of benzene rings is 2. The van der Waals surface area contributed by atoms with E-state index < -0.39 is 29.5 Å². The Kier molecular flexibility index (Phi) is 6.12. The molecule has 4 rings (SSSR count). The summed E-state index contributed by atoms with van der Waals surface area (Å²) >= 11 is 0. The standard InChI is InChI=1S/C25H26N2O5/c1-27-22(20-16-26-21-12-8-7-11-19(20)21)25(23(28)30-2,24(29)31-3)15-18(32-27)14-13-17-9-5-4-6-10-17/h4-14,16,18,22,26H,15H2,1-3H3/b14-13+/t18-,22+/m0/s1. The zero-order valence-electron chi connectivity index (χ0n) is 18.3. The average molecular weight is 434 g/mol. The van der Waals surface area contributed by atoms with Crippen molar-refractivity contribution in [3.05, 3.63) is 78.0 Å². The van der Waals surface area contributed by atoms with Gasteiger partial charge in [0.15, 0.2) is 5.41 Å². The predicted octanol–water partition coefficient (Wildman–Crippen LogP) is 3.89. The Hall–Kier alpha value is -3.42. The van der Waals surface area contributed by atoms with Crippen LogP contribution in [0.4, 0.5) is 0 Å². The van der Waals surface area contributed by atoms with E-state index in [1.165, 1.54) is 14.2 Å². The summed E-state index contributed by atoms with van der Waals surface area (Å²) in [5.74, 6) is -1.32. The Morgan fingerprint density at radius 2 is 1.72 bits per heavy atom. The molecule has 1 aliphatic rings. The second kappa shape index (κ2) is 8.98. The number of carbonyl (C=O) groups is 2. The van der Waals surface area contributed by atoms with Crippen LogP contribution in [-0.2, 0) is 23.9 Å². The summed E-state index contributed by atoms with van der Waals surface area (Å²) in [4.78, 5) is 35.9. The summed E-state index contributed by atoms with van der Waals surface area (Å²) in [7, 11) is 4.28. The third-order valence-electron chi connectivity index (χ3n) is 5.97. The highest BCUT2D eigenvalue weighted by molar-refractivity contribution is 6.02. The minimum atomic E-state index is -1.62. The Labute approximate surface area is 186 Å². The molecule has 7 heteroatoms. The van der Waals surface area contributed by atoms with Crippen LogP contribution in [0.1, 0.15) is 23.6 Å². The van der Waals surface area contributed by atoms with Gasteiger partial charge in [0, 0.05) is 30.6 Å². The fraction of sp³-hybridized carbons (Fsp3) is 0.280. The fourth-order valence-electron chi connectivity index (χ4n) is 4.56. The third kappa shape index (κ3) is 3.70. The Morgan fingerprint density at radius 3 is 2.41 bits per heavy atom. The molecular weight excluding hydrogens is 408 g/mol. The molecule has 0 unspecified atom stereocenters. The van der Waals surface area contributed by atoms with Gasteiger partial charge < -0.3 is 14.5 Å². The SMILES string of the molecule is COC(=O)C1(C(=O)OC)C[C@H](/C=C/c2ccccc2)ON(C)[C@@H]1c1c[nH]c2ccccc12. The monoisotopic (exact) mass is 434 g/mol. The smallest absolute Gasteiger partial charge is 0.325 e. The van der Waals surface area contributed by atoms with Gasteiger partial charge in [-0.1, -0.05) is 60.7 Å². The number of fused-ring (bicyclic) bond motifs is 1. The van der Waals surface area contributed by atoms with E-state index in [0.29, 0.717) is 0 Å². The van der Waals surface area contributed by atoms with Gasteiger partial charge in [-0.2, -0.15) is 5.06 Å². The number of H-pyrrole nitrogens is 1. The summed E-state index contributed by atoms with van der Waals surface area (Å²) in [6.45, 7) is 0. The van der Waals surface area contributed by atoms with Crippen molar-refractivity contribution in [2.75, 3.05) is 21.3 Å².